The molecule has 1 amide bonds. The van der Waals surface area contributed by atoms with Crippen LogP contribution in [-0.4, -0.2) is 36.2 Å². The van der Waals surface area contributed by atoms with Crippen molar-refractivity contribution in [3.63, 3.8) is 0 Å². The molecular formula is C17H19NO3. The number of ether oxygens (including phenoxy) is 1. The normalized spacial score (nSPS) is 10.2. The van der Waals surface area contributed by atoms with Gasteiger partial charge in [-0.3, -0.25) is 4.79 Å². The van der Waals surface area contributed by atoms with Crippen molar-refractivity contribution in [2.75, 3.05) is 20.3 Å². The lowest BCUT2D eigenvalue weighted by Gasteiger charge is -2.23. The first-order valence-corrected chi connectivity index (χ1v) is 6.83. The van der Waals surface area contributed by atoms with Gasteiger partial charge in [0.2, 0.25) is 0 Å². The molecule has 2 aromatic carbocycles. The van der Waals surface area contributed by atoms with Crippen molar-refractivity contribution >= 4 is 5.91 Å². The Morgan fingerprint density at radius 1 is 1.10 bits per heavy atom. The van der Waals surface area contributed by atoms with E-state index in [2.05, 4.69) is 0 Å². The van der Waals surface area contributed by atoms with Crippen molar-refractivity contribution in [3.05, 3.63) is 65.7 Å². The van der Waals surface area contributed by atoms with Gasteiger partial charge in [0.05, 0.1) is 13.7 Å². The molecule has 0 atom stereocenters. The highest BCUT2D eigenvalue weighted by Gasteiger charge is 2.16. The van der Waals surface area contributed by atoms with Crippen LogP contribution in [0.5, 0.6) is 5.75 Å². The maximum atomic E-state index is 12.5. The smallest absolute Gasteiger partial charge is 0.254 e. The van der Waals surface area contributed by atoms with Crippen LogP contribution < -0.4 is 4.74 Å². The third kappa shape index (κ3) is 3.83. The van der Waals surface area contributed by atoms with E-state index in [1.54, 1.807) is 24.1 Å². The number of benzene rings is 2. The van der Waals surface area contributed by atoms with E-state index in [4.69, 9.17) is 4.74 Å². The molecule has 1 N–H and O–H groups in total. The maximum absolute atomic E-state index is 12.5. The number of para-hydroxylation sites is 1. The van der Waals surface area contributed by atoms with E-state index in [0.717, 1.165) is 11.3 Å². The molecule has 0 saturated carbocycles. The number of rotatable bonds is 6. The summed E-state index contributed by atoms with van der Waals surface area (Å²) in [6.45, 7) is 0.609. The second kappa shape index (κ2) is 7.45. The second-order valence-corrected chi connectivity index (χ2v) is 4.63. The zero-order chi connectivity index (χ0) is 15.1. The van der Waals surface area contributed by atoms with Gasteiger partial charge in [-0.15, -0.1) is 0 Å². The highest BCUT2D eigenvalue weighted by atomic mass is 16.5. The molecule has 0 unspecified atom stereocenters. The van der Waals surface area contributed by atoms with Gasteiger partial charge in [-0.05, 0) is 18.2 Å². The molecule has 0 saturated heterocycles. The van der Waals surface area contributed by atoms with Crippen LogP contribution >= 0.6 is 0 Å². The Kier molecular flexibility index (Phi) is 5.35. The van der Waals surface area contributed by atoms with Crippen molar-refractivity contribution < 1.29 is 14.6 Å². The van der Waals surface area contributed by atoms with Crippen molar-refractivity contribution in [1.82, 2.24) is 4.90 Å². The van der Waals surface area contributed by atoms with Crippen LogP contribution in [0.4, 0.5) is 0 Å². The lowest BCUT2D eigenvalue weighted by atomic mass is 10.1. The van der Waals surface area contributed by atoms with Gasteiger partial charge in [0.25, 0.3) is 5.91 Å². The summed E-state index contributed by atoms with van der Waals surface area (Å²) in [4.78, 5) is 14.1. The van der Waals surface area contributed by atoms with E-state index >= 15 is 0 Å². The van der Waals surface area contributed by atoms with E-state index in [9.17, 15) is 9.90 Å². The summed E-state index contributed by atoms with van der Waals surface area (Å²) in [6, 6.07) is 16.6. The molecular weight excluding hydrogens is 266 g/mol. The van der Waals surface area contributed by atoms with Gasteiger partial charge >= 0.3 is 0 Å². The fraction of sp³-hybridized carbons (Fsp3) is 0.235. The van der Waals surface area contributed by atoms with Crippen LogP contribution in [0.25, 0.3) is 0 Å². The molecule has 0 aliphatic heterocycles. The number of aliphatic hydroxyl groups is 1. The number of carbonyl (C=O) groups is 1. The Hall–Kier alpha value is -2.33. The van der Waals surface area contributed by atoms with Crippen LogP contribution in [0, 0.1) is 0 Å². The Morgan fingerprint density at radius 3 is 2.43 bits per heavy atom. The number of amides is 1. The number of carbonyl (C=O) groups excluding carboxylic acids is 1. The third-order valence-corrected chi connectivity index (χ3v) is 3.23. The molecule has 0 aliphatic carbocycles. The largest absolute Gasteiger partial charge is 0.496 e. The standard InChI is InChI=1S/C17H19NO3/c1-21-16-10-6-5-9-15(16)13-18(11-12-19)17(20)14-7-3-2-4-8-14/h2-10,19H,11-13H2,1H3. The van der Waals surface area contributed by atoms with E-state index in [-0.39, 0.29) is 19.1 Å². The highest BCUT2D eigenvalue weighted by Crippen LogP contribution is 2.20. The van der Waals surface area contributed by atoms with Gasteiger partial charge in [0, 0.05) is 24.2 Å². The minimum Gasteiger partial charge on any atom is -0.496 e. The zero-order valence-electron chi connectivity index (χ0n) is 12.0. The van der Waals surface area contributed by atoms with Crippen molar-refractivity contribution in [2.45, 2.75) is 6.54 Å². The number of methoxy groups -OCH3 is 1. The quantitative estimate of drug-likeness (QED) is 0.886. The SMILES string of the molecule is COc1ccccc1CN(CCO)C(=O)c1ccccc1. The topological polar surface area (TPSA) is 49.8 Å². The fourth-order valence-electron chi connectivity index (χ4n) is 2.18. The van der Waals surface area contributed by atoms with Crippen LogP contribution in [0.2, 0.25) is 0 Å². The van der Waals surface area contributed by atoms with E-state index in [1.807, 2.05) is 42.5 Å². The molecule has 4 nitrogen and oxygen atoms in total. The van der Waals surface area contributed by atoms with Crippen molar-refractivity contribution in [2.24, 2.45) is 0 Å². The van der Waals surface area contributed by atoms with Gasteiger partial charge in [-0.2, -0.15) is 0 Å². The molecule has 0 heterocycles. The Labute approximate surface area is 124 Å². The first-order chi connectivity index (χ1) is 10.3. The Morgan fingerprint density at radius 2 is 1.76 bits per heavy atom. The first kappa shape index (κ1) is 15.1. The van der Waals surface area contributed by atoms with Gasteiger partial charge in [0.1, 0.15) is 5.75 Å². The van der Waals surface area contributed by atoms with Gasteiger partial charge in [0.15, 0.2) is 0 Å². The minimum absolute atomic E-state index is 0.0757. The summed E-state index contributed by atoms with van der Waals surface area (Å²) in [5, 5.41) is 9.21. The molecule has 0 aliphatic rings. The summed E-state index contributed by atoms with van der Waals surface area (Å²) >= 11 is 0. The molecule has 110 valence electrons. The Bertz CT molecular complexity index is 584. The molecule has 0 fully saturated rings. The predicted octanol–water partition coefficient (Wildman–Crippen LogP) is 2.33. The van der Waals surface area contributed by atoms with Crippen LogP contribution in [0.1, 0.15) is 15.9 Å². The lowest BCUT2D eigenvalue weighted by Crippen LogP contribution is -2.33. The van der Waals surface area contributed by atoms with E-state index in [0.29, 0.717) is 12.1 Å². The van der Waals surface area contributed by atoms with Gasteiger partial charge in [-0.25, -0.2) is 0 Å². The molecule has 21 heavy (non-hydrogen) atoms. The van der Waals surface area contributed by atoms with E-state index < -0.39 is 0 Å². The lowest BCUT2D eigenvalue weighted by molar-refractivity contribution is 0.0706. The average molecular weight is 285 g/mol. The molecule has 2 aromatic rings. The van der Waals surface area contributed by atoms with Gasteiger partial charge < -0.3 is 14.7 Å². The monoisotopic (exact) mass is 285 g/mol. The van der Waals surface area contributed by atoms with Crippen LogP contribution in [-0.2, 0) is 6.54 Å². The maximum Gasteiger partial charge on any atom is 0.254 e. The summed E-state index contributed by atoms with van der Waals surface area (Å²) in [7, 11) is 1.61. The molecule has 0 spiro atoms. The number of hydrogen-bond donors (Lipinski definition) is 1. The summed E-state index contributed by atoms with van der Waals surface area (Å²) in [5.41, 5.74) is 1.53. The second-order valence-electron chi connectivity index (χ2n) is 4.63. The van der Waals surface area contributed by atoms with Crippen molar-refractivity contribution in [3.8, 4) is 5.75 Å². The van der Waals surface area contributed by atoms with Gasteiger partial charge in [-0.1, -0.05) is 36.4 Å². The Balaban J connectivity index is 2.21. The van der Waals surface area contributed by atoms with E-state index in [1.165, 1.54) is 0 Å². The van der Waals surface area contributed by atoms with Crippen molar-refractivity contribution in [1.29, 1.82) is 0 Å². The summed E-state index contributed by atoms with van der Waals surface area (Å²) in [5.74, 6) is 0.636. The number of aliphatic hydroxyl groups excluding tert-OH is 1. The summed E-state index contributed by atoms with van der Waals surface area (Å²) in [6.07, 6.45) is 0. The highest BCUT2D eigenvalue weighted by molar-refractivity contribution is 5.94. The molecule has 2 rings (SSSR count). The first-order valence-electron chi connectivity index (χ1n) is 6.83. The molecule has 0 radical (unpaired) electrons. The number of nitrogens with zero attached hydrogens (tertiary/aromatic N) is 1. The number of hydrogen-bond acceptors (Lipinski definition) is 3. The average Bonchev–Trinajstić information content (AvgIpc) is 2.55. The zero-order valence-corrected chi connectivity index (χ0v) is 12.0. The molecule has 0 bridgehead atoms. The predicted molar refractivity (Wildman–Crippen MR) is 81.3 cm³/mol. The molecule has 4 heteroatoms. The molecule has 0 aromatic heterocycles. The van der Waals surface area contributed by atoms with Crippen LogP contribution in [0.15, 0.2) is 54.6 Å². The summed E-state index contributed by atoms with van der Waals surface area (Å²) < 4.78 is 5.31. The third-order valence-electron chi connectivity index (χ3n) is 3.23. The van der Waals surface area contributed by atoms with Crippen LogP contribution in [0.3, 0.4) is 0 Å². The minimum atomic E-state index is -0.101. The fourth-order valence-corrected chi connectivity index (χ4v) is 2.18.